The molecule has 0 atom stereocenters. The highest BCUT2D eigenvalue weighted by molar-refractivity contribution is 6.28. The third-order valence-corrected chi connectivity index (χ3v) is 2.79. The first-order valence-corrected chi connectivity index (χ1v) is 5.61. The van der Waals surface area contributed by atoms with E-state index in [-0.39, 0.29) is 11.9 Å². The van der Waals surface area contributed by atoms with Crippen molar-refractivity contribution in [3.63, 3.8) is 0 Å². The molecule has 0 radical (unpaired) electrons. The lowest BCUT2D eigenvalue weighted by atomic mass is 10.3. The van der Waals surface area contributed by atoms with E-state index >= 15 is 0 Å². The van der Waals surface area contributed by atoms with E-state index in [0.29, 0.717) is 0 Å². The Kier molecular flexibility index (Phi) is 3.87. The Hall–Kier alpha value is -0.980. The first-order chi connectivity index (χ1) is 7.79. The Morgan fingerprint density at radius 2 is 2.06 bits per heavy atom. The molecule has 1 aliphatic heterocycles. The van der Waals surface area contributed by atoms with Gasteiger partial charge in [-0.2, -0.15) is 10.1 Å². The molecule has 0 spiro atoms. The van der Waals surface area contributed by atoms with Gasteiger partial charge in [-0.1, -0.05) is 0 Å². The summed E-state index contributed by atoms with van der Waals surface area (Å²) in [5, 5.41) is 16.4. The Morgan fingerprint density at radius 3 is 2.69 bits per heavy atom. The van der Waals surface area contributed by atoms with Crippen LogP contribution in [0.1, 0.15) is 0 Å². The molecule has 0 aliphatic carbocycles. The van der Waals surface area contributed by atoms with Crippen molar-refractivity contribution >= 4 is 17.4 Å². The molecule has 0 saturated carbocycles. The summed E-state index contributed by atoms with van der Waals surface area (Å²) < 4.78 is 0. The fourth-order valence-corrected chi connectivity index (χ4v) is 1.90. The number of β-amino-alcohol motifs (C(OH)–C–C–N with tert-alkyl or cyclic N) is 1. The lowest BCUT2D eigenvalue weighted by Gasteiger charge is -2.34. The zero-order valence-electron chi connectivity index (χ0n) is 8.88. The number of aromatic nitrogens is 3. The van der Waals surface area contributed by atoms with Gasteiger partial charge in [0.25, 0.3) is 0 Å². The highest BCUT2D eigenvalue weighted by Gasteiger charge is 2.17. The summed E-state index contributed by atoms with van der Waals surface area (Å²) in [6.45, 7) is 4.52. The predicted octanol–water partition coefficient (Wildman–Crippen LogP) is -0.361. The van der Waals surface area contributed by atoms with Crippen LogP contribution in [-0.2, 0) is 0 Å². The van der Waals surface area contributed by atoms with E-state index in [2.05, 4.69) is 25.0 Å². The molecule has 0 bridgehead atoms. The first-order valence-electron chi connectivity index (χ1n) is 5.23. The molecule has 1 aliphatic rings. The summed E-state index contributed by atoms with van der Waals surface area (Å²) >= 11 is 5.69. The van der Waals surface area contributed by atoms with Gasteiger partial charge in [0, 0.05) is 32.7 Å². The second-order valence-electron chi connectivity index (χ2n) is 3.64. The maximum Gasteiger partial charge on any atom is 0.244 e. The predicted molar refractivity (Wildman–Crippen MR) is 60.6 cm³/mol. The van der Waals surface area contributed by atoms with Gasteiger partial charge in [0.1, 0.15) is 0 Å². The van der Waals surface area contributed by atoms with Crippen molar-refractivity contribution in [2.45, 2.75) is 0 Å². The normalized spacial score (nSPS) is 17.8. The Balaban J connectivity index is 1.94. The minimum atomic E-state index is 0.176. The summed E-state index contributed by atoms with van der Waals surface area (Å²) in [6, 6.07) is 0. The number of halogens is 1. The lowest BCUT2D eigenvalue weighted by molar-refractivity contribution is 0.188. The van der Waals surface area contributed by atoms with Gasteiger partial charge in [0.2, 0.25) is 5.28 Å². The van der Waals surface area contributed by atoms with Gasteiger partial charge in [0.05, 0.1) is 12.8 Å². The van der Waals surface area contributed by atoms with Crippen LogP contribution in [0.2, 0.25) is 5.28 Å². The topological polar surface area (TPSA) is 65.4 Å². The number of nitrogens with zero attached hydrogens (tertiary/aromatic N) is 5. The van der Waals surface area contributed by atoms with Crippen LogP contribution in [-0.4, -0.2) is 64.5 Å². The fourth-order valence-electron chi connectivity index (χ4n) is 1.77. The Morgan fingerprint density at radius 1 is 1.31 bits per heavy atom. The van der Waals surface area contributed by atoms with Gasteiger partial charge in [0.15, 0.2) is 5.82 Å². The third-order valence-electron chi connectivity index (χ3n) is 2.63. The molecule has 1 N–H and O–H groups in total. The number of anilines is 1. The van der Waals surface area contributed by atoms with E-state index in [9.17, 15) is 0 Å². The zero-order valence-corrected chi connectivity index (χ0v) is 9.64. The van der Waals surface area contributed by atoms with Crippen LogP contribution in [0.15, 0.2) is 6.20 Å². The number of piperazine rings is 1. The van der Waals surface area contributed by atoms with Gasteiger partial charge in [-0.05, 0) is 11.6 Å². The van der Waals surface area contributed by atoms with Crippen LogP contribution in [0, 0.1) is 0 Å². The molecular formula is C9H14ClN5O. The smallest absolute Gasteiger partial charge is 0.244 e. The summed E-state index contributed by atoms with van der Waals surface area (Å²) in [4.78, 5) is 8.45. The van der Waals surface area contributed by atoms with Crippen molar-refractivity contribution in [2.24, 2.45) is 0 Å². The van der Waals surface area contributed by atoms with Crippen LogP contribution in [0.25, 0.3) is 0 Å². The SMILES string of the molecule is OCCN1CCN(c2cnnc(Cl)n2)CC1. The van der Waals surface area contributed by atoms with Gasteiger partial charge in [-0.15, -0.1) is 5.10 Å². The summed E-state index contributed by atoms with van der Waals surface area (Å²) in [7, 11) is 0. The van der Waals surface area contributed by atoms with Gasteiger partial charge in [-0.25, -0.2) is 0 Å². The molecule has 0 aromatic carbocycles. The van der Waals surface area contributed by atoms with E-state index in [1.165, 1.54) is 0 Å². The van der Waals surface area contributed by atoms with Crippen molar-refractivity contribution in [2.75, 3.05) is 44.2 Å². The maximum atomic E-state index is 8.83. The summed E-state index contributed by atoms with van der Waals surface area (Å²) in [5.74, 6) is 0.767. The Bertz CT molecular complexity index is 342. The van der Waals surface area contributed by atoms with E-state index in [4.69, 9.17) is 16.7 Å². The number of hydrogen-bond acceptors (Lipinski definition) is 6. The molecule has 1 aromatic rings. The molecule has 1 saturated heterocycles. The molecule has 1 aromatic heterocycles. The minimum Gasteiger partial charge on any atom is -0.395 e. The minimum absolute atomic E-state index is 0.176. The zero-order chi connectivity index (χ0) is 11.4. The lowest BCUT2D eigenvalue weighted by Crippen LogP contribution is -2.47. The molecule has 6 nitrogen and oxygen atoms in total. The van der Waals surface area contributed by atoms with Crippen LogP contribution >= 0.6 is 11.6 Å². The highest BCUT2D eigenvalue weighted by atomic mass is 35.5. The third kappa shape index (κ3) is 2.78. The largest absolute Gasteiger partial charge is 0.395 e. The molecule has 1 fully saturated rings. The average Bonchev–Trinajstić information content (AvgIpc) is 2.30. The number of hydrogen-bond donors (Lipinski definition) is 1. The van der Waals surface area contributed by atoms with Crippen LogP contribution in [0.3, 0.4) is 0 Å². The van der Waals surface area contributed by atoms with E-state index in [0.717, 1.165) is 38.5 Å². The molecule has 16 heavy (non-hydrogen) atoms. The maximum absolute atomic E-state index is 8.83. The summed E-state index contributed by atoms with van der Waals surface area (Å²) in [6.07, 6.45) is 1.62. The van der Waals surface area contributed by atoms with Crippen LogP contribution in [0.5, 0.6) is 0 Å². The monoisotopic (exact) mass is 243 g/mol. The van der Waals surface area contributed by atoms with Crippen molar-refractivity contribution in [3.05, 3.63) is 11.5 Å². The summed E-state index contributed by atoms with van der Waals surface area (Å²) in [5.41, 5.74) is 0. The standard InChI is InChI=1S/C9H14ClN5O/c10-9-12-8(7-11-13-9)15-3-1-14(2-4-15)5-6-16/h7,16H,1-6H2. The molecule has 0 unspecified atom stereocenters. The van der Waals surface area contributed by atoms with Crippen molar-refractivity contribution in [1.82, 2.24) is 20.1 Å². The van der Waals surface area contributed by atoms with Gasteiger partial charge in [-0.3, -0.25) is 4.90 Å². The Labute approximate surface area is 98.9 Å². The molecule has 0 amide bonds. The highest BCUT2D eigenvalue weighted by Crippen LogP contribution is 2.13. The molecular weight excluding hydrogens is 230 g/mol. The van der Waals surface area contributed by atoms with E-state index < -0.39 is 0 Å². The van der Waals surface area contributed by atoms with Crippen LogP contribution in [0.4, 0.5) is 5.82 Å². The van der Waals surface area contributed by atoms with Crippen molar-refractivity contribution in [3.8, 4) is 0 Å². The quantitative estimate of drug-likeness (QED) is 0.782. The van der Waals surface area contributed by atoms with E-state index in [1.807, 2.05) is 0 Å². The average molecular weight is 244 g/mol. The second kappa shape index (κ2) is 5.38. The van der Waals surface area contributed by atoms with E-state index in [1.54, 1.807) is 6.20 Å². The molecule has 2 rings (SSSR count). The van der Waals surface area contributed by atoms with Crippen molar-refractivity contribution < 1.29 is 5.11 Å². The first kappa shape index (κ1) is 11.5. The van der Waals surface area contributed by atoms with Crippen molar-refractivity contribution in [1.29, 1.82) is 0 Å². The number of rotatable bonds is 3. The van der Waals surface area contributed by atoms with Gasteiger partial charge < -0.3 is 10.0 Å². The van der Waals surface area contributed by atoms with Gasteiger partial charge >= 0.3 is 0 Å². The molecule has 88 valence electrons. The number of aliphatic hydroxyl groups is 1. The van der Waals surface area contributed by atoms with Crippen LogP contribution < -0.4 is 4.90 Å². The molecule has 2 heterocycles. The fraction of sp³-hybridized carbons (Fsp3) is 0.667. The molecule has 7 heteroatoms. The second-order valence-corrected chi connectivity index (χ2v) is 3.97. The number of aliphatic hydroxyl groups excluding tert-OH is 1.